The summed E-state index contributed by atoms with van der Waals surface area (Å²) in [4.78, 5) is 0. The zero-order chi connectivity index (χ0) is 16.5. The normalized spacial score (nSPS) is 13.7. The maximum Gasteiger partial charge on any atom is 0.129 e. The number of fused-ring (bicyclic) bond motifs is 3. The number of aryl methyl sites for hydroxylation is 1. The predicted octanol–water partition coefficient (Wildman–Crippen LogP) is 5.33. The highest BCUT2D eigenvalue weighted by Gasteiger charge is 2.33. The quantitative estimate of drug-likeness (QED) is 0.658. The fourth-order valence-corrected chi connectivity index (χ4v) is 2.63. The molecule has 0 atom stereocenters. The first-order valence-corrected chi connectivity index (χ1v) is 7.46. The predicted molar refractivity (Wildman–Crippen MR) is 86.3 cm³/mol. The molecule has 0 N–H and O–H groups in total. The molecule has 0 spiro atoms. The van der Waals surface area contributed by atoms with Crippen molar-refractivity contribution >= 4 is 0 Å². The molecule has 1 aliphatic heterocycles. The van der Waals surface area contributed by atoms with Crippen molar-refractivity contribution in [2.75, 3.05) is 0 Å². The van der Waals surface area contributed by atoms with E-state index in [0.29, 0.717) is 16.9 Å². The Morgan fingerprint density at radius 3 is 2.41 bits per heavy atom. The molecule has 2 aromatic rings. The lowest BCUT2D eigenvalue weighted by Gasteiger charge is -2.35. The van der Waals surface area contributed by atoms with Crippen molar-refractivity contribution in [2.45, 2.75) is 40.2 Å². The number of halogens is 1. The Balaban J connectivity index is 0.000000847. The minimum Gasteiger partial charge on any atom is -0.482 e. The second-order valence-electron chi connectivity index (χ2n) is 5.58. The van der Waals surface area contributed by atoms with E-state index in [9.17, 15) is 4.39 Å². The molecule has 0 radical (unpaired) electrons. The number of nitrogens with zero attached hydrogens (tertiary/aromatic N) is 1. The van der Waals surface area contributed by atoms with Gasteiger partial charge in [-0.1, -0.05) is 19.9 Å². The fourth-order valence-electron chi connectivity index (χ4n) is 2.63. The monoisotopic (exact) mass is 297 g/mol. The van der Waals surface area contributed by atoms with Crippen molar-refractivity contribution in [1.82, 2.24) is 0 Å². The highest BCUT2D eigenvalue weighted by atomic mass is 19.1. The summed E-state index contributed by atoms with van der Waals surface area (Å²) >= 11 is 0. The fraction of sp³-hybridized carbons (Fsp3) is 0.316. The van der Waals surface area contributed by atoms with Crippen LogP contribution >= 0.6 is 0 Å². The third-order valence-electron chi connectivity index (χ3n) is 3.71. The molecular weight excluding hydrogens is 277 g/mol. The minimum absolute atomic E-state index is 0.248. The van der Waals surface area contributed by atoms with Gasteiger partial charge in [-0.25, -0.2) is 4.39 Å². The summed E-state index contributed by atoms with van der Waals surface area (Å²) in [7, 11) is 0. The van der Waals surface area contributed by atoms with Crippen LogP contribution in [0.4, 0.5) is 4.39 Å². The summed E-state index contributed by atoms with van der Waals surface area (Å²) in [5.41, 5.74) is 3.18. The summed E-state index contributed by atoms with van der Waals surface area (Å²) in [5.74, 6) is 0.438. The average molecular weight is 297 g/mol. The van der Waals surface area contributed by atoms with E-state index in [0.717, 1.165) is 16.7 Å². The van der Waals surface area contributed by atoms with E-state index in [1.54, 1.807) is 19.1 Å². The molecule has 0 unspecified atom stereocenters. The number of ether oxygens (including phenoxy) is 1. The summed E-state index contributed by atoms with van der Waals surface area (Å²) in [5, 5.41) is 9.03. The number of hydrogen-bond donors (Lipinski definition) is 0. The zero-order valence-electron chi connectivity index (χ0n) is 13.6. The van der Waals surface area contributed by atoms with Gasteiger partial charge in [0.05, 0.1) is 11.6 Å². The second kappa shape index (κ2) is 5.81. The third kappa shape index (κ3) is 2.57. The summed E-state index contributed by atoms with van der Waals surface area (Å²) < 4.78 is 19.8. The van der Waals surface area contributed by atoms with Crippen LogP contribution in [-0.4, -0.2) is 0 Å². The molecule has 22 heavy (non-hydrogen) atoms. The molecule has 0 aliphatic carbocycles. The van der Waals surface area contributed by atoms with Crippen molar-refractivity contribution < 1.29 is 9.13 Å². The van der Waals surface area contributed by atoms with Gasteiger partial charge < -0.3 is 4.74 Å². The van der Waals surface area contributed by atoms with Gasteiger partial charge in [0.25, 0.3) is 0 Å². The Morgan fingerprint density at radius 1 is 1.09 bits per heavy atom. The molecular formula is C19H20FNO. The van der Waals surface area contributed by atoms with Crippen LogP contribution in [0.5, 0.6) is 5.75 Å². The van der Waals surface area contributed by atoms with Crippen LogP contribution < -0.4 is 4.74 Å². The average Bonchev–Trinajstić information content (AvgIpc) is 2.51. The first-order chi connectivity index (χ1) is 10.4. The maximum atomic E-state index is 13.8. The van der Waals surface area contributed by atoms with Gasteiger partial charge >= 0.3 is 0 Å². The Bertz CT molecular complexity index is 757. The van der Waals surface area contributed by atoms with E-state index in [4.69, 9.17) is 10.00 Å². The van der Waals surface area contributed by atoms with Gasteiger partial charge in [-0.05, 0) is 56.2 Å². The highest BCUT2D eigenvalue weighted by Crippen LogP contribution is 2.46. The molecule has 3 rings (SSSR count). The molecule has 1 aliphatic rings. The maximum absolute atomic E-state index is 13.8. The molecule has 0 bridgehead atoms. The molecule has 0 aromatic heterocycles. The smallest absolute Gasteiger partial charge is 0.129 e. The number of rotatable bonds is 0. The van der Waals surface area contributed by atoms with Crippen molar-refractivity contribution in [3.8, 4) is 22.9 Å². The highest BCUT2D eigenvalue weighted by molar-refractivity contribution is 5.77. The Labute approximate surface area is 131 Å². The zero-order valence-corrected chi connectivity index (χ0v) is 13.6. The largest absolute Gasteiger partial charge is 0.482 e. The third-order valence-corrected chi connectivity index (χ3v) is 3.71. The Kier molecular flexibility index (Phi) is 4.23. The first kappa shape index (κ1) is 16.0. The topological polar surface area (TPSA) is 33.0 Å². The van der Waals surface area contributed by atoms with E-state index in [1.807, 2.05) is 39.8 Å². The van der Waals surface area contributed by atoms with Crippen LogP contribution in [-0.2, 0) is 5.60 Å². The molecule has 1 heterocycles. The Morgan fingerprint density at radius 2 is 1.77 bits per heavy atom. The van der Waals surface area contributed by atoms with Crippen molar-refractivity contribution in [2.24, 2.45) is 0 Å². The molecule has 0 fully saturated rings. The van der Waals surface area contributed by atoms with Crippen LogP contribution in [0.1, 0.15) is 44.4 Å². The lowest BCUT2D eigenvalue weighted by molar-refractivity contribution is 0.105. The van der Waals surface area contributed by atoms with Crippen molar-refractivity contribution in [1.29, 1.82) is 5.26 Å². The van der Waals surface area contributed by atoms with Gasteiger partial charge in [0.1, 0.15) is 17.2 Å². The standard InChI is InChI=1S/C17H14FNO.C2H6/c1-10-6-16-13(8-15(10)18)12-5-4-11(9-19)7-14(12)17(2,3)20-16;1-2/h4-8H,1-3H3;1-2H3. The van der Waals surface area contributed by atoms with Gasteiger partial charge in [-0.15, -0.1) is 0 Å². The first-order valence-electron chi connectivity index (χ1n) is 7.46. The Hall–Kier alpha value is -2.34. The summed E-state index contributed by atoms with van der Waals surface area (Å²) in [6, 6.07) is 10.8. The lowest BCUT2D eigenvalue weighted by Crippen LogP contribution is -2.29. The summed E-state index contributed by atoms with van der Waals surface area (Å²) in [6.45, 7) is 9.63. The van der Waals surface area contributed by atoms with Crippen molar-refractivity contribution in [3.63, 3.8) is 0 Å². The van der Waals surface area contributed by atoms with E-state index in [1.165, 1.54) is 6.07 Å². The molecule has 2 nitrogen and oxygen atoms in total. The van der Waals surface area contributed by atoms with Crippen LogP contribution in [0.3, 0.4) is 0 Å². The van der Waals surface area contributed by atoms with Gasteiger partial charge in [0, 0.05) is 11.1 Å². The SMILES string of the molecule is CC.Cc1cc2c(cc1F)-c1ccc(C#N)cc1C(C)(C)O2. The van der Waals surface area contributed by atoms with E-state index >= 15 is 0 Å². The second-order valence-corrected chi connectivity index (χ2v) is 5.58. The van der Waals surface area contributed by atoms with E-state index in [-0.39, 0.29) is 5.82 Å². The van der Waals surface area contributed by atoms with Gasteiger partial charge in [0.15, 0.2) is 0 Å². The van der Waals surface area contributed by atoms with Gasteiger partial charge in [-0.3, -0.25) is 0 Å². The number of benzene rings is 2. The summed E-state index contributed by atoms with van der Waals surface area (Å²) in [6.07, 6.45) is 0. The number of hydrogen-bond acceptors (Lipinski definition) is 2. The van der Waals surface area contributed by atoms with Crippen LogP contribution in [0, 0.1) is 24.1 Å². The molecule has 0 saturated heterocycles. The molecule has 0 amide bonds. The van der Waals surface area contributed by atoms with Gasteiger partial charge in [0.2, 0.25) is 0 Å². The van der Waals surface area contributed by atoms with E-state index in [2.05, 4.69) is 6.07 Å². The minimum atomic E-state index is -0.542. The van der Waals surface area contributed by atoms with Crippen LogP contribution in [0.25, 0.3) is 11.1 Å². The lowest BCUT2D eigenvalue weighted by atomic mass is 9.85. The molecule has 0 saturated carbocycles. The van der Waals surface area contributed by atoms with Gasteiger partial charge in [-0.2, -0.15) is 5.26 Å². The van der Waals surface area contributed by atoms with Crippen LogP contribution in [0.2, 0.25) is 0 Å². The molecule has 114 valence electrons. The number of nitriles is 1. The van der Waals surface area contributed by atoms with E-state index < -0.39 is 5.60 Å². The van der Waals surface area contributed by atoms with Crippen LogP contribution in [0.15, 0.2) is 30.3 Å². The molecule has 3 heteroatoms. The molecule has 2 aromatic carbocycles. The van der Waals surface area contributed by atoms with Crippen molar-refractivity contribution in [3.05, 3.63) is 52.8 Å².